The Morgan fingerprint density at radius 1 is 1.11 bits per heavy atom. The molecule has 0 bridgehead atoms. The van der Waals surface area contributed by atoms with Crippen molar-refractivity contribution in [2.75, 3.05) is 23.3 Å². The smallest absolute Gasteiger partial charge is 0.228 e. The van der Waals surface area contributed by atoms with Gasteiger partial charge in [-0.15, -0.1) is 0 Å². The van der Waals surface area contributed by atoms with Gasteiger partial charge in [-0.3, -0.25) is 4.79 Å². The molecule has 198 valence electrons. The van der Waals surface area contributed by atoms with Gasteiger partial charge < -0.3 is 26.6 Å². The molecule has 1 aromatic heterocycles. The van der Waals surface area contributed by atoms with Crippen LogP contribution < -0.4 is 16.4 Å². The van der Waals surface area contributed by atoms with Crippen LogP contribution in [0.3, 0.4) is 0 Å². The van der Waals surface area contributed by atoms with E-state index in [9.17, 15) is 23.4 Å². The van der Waals surface area contributed by atoms with Crippen molar-refractivity contribution in [3.63, 3.8) is 0 Å². The number of nitrogens with zero attached hydrogens (tertiary/aromatic N) is 1. The number of hydrogen-bond acceptors (Lipinski definition) is 8. The van der Waals surface area contributed by atoms with Crippen LogP contribution in [0.5, 0.6) is 5.75 Å². The van der Waals surface area contributed by atoms with E-state index >= 15 is 0 Å². The fourth-order valence-corrected chi connectivity index (χ4v) is 4.79. The van der Waals surface area contributed by atoms with Crippen molar-refractivity contribution < 1.29 is 23.4 Å². The normalized spacial score (nSPS) is 12.8. The van der Waals surface area contributed by atoms with E-state index in [0.29, 0.717) is 24.3 Å². The SMILES string of the molecule is CCS(=O)(=O)c1ccc(O)c(NC(=O)Cc2cccc(CC(C)(C)NC[C@H](O)c3ccc(N)nc3)c2)c1. The molecule has 10 heteroatoms. The first kappa shape index (κ1) is 28.1. The van der Waals surface area contributed by atoms with Gasteiger partial charge in [0, 0.05) is 23.8 Å². The lowest BCUT2D eigenvalue weighted by Crippen LogP contribution is -2.43. The molecule has 0 aliphatic heterocycles. The standard InChI is InChI=1S/C27H34N4O5S/c1-4-37(35,36)21-9-10-23(32)22(14-21)31-26(34)13-18-6-5-7-19(12-18)15-27(2,3)30-17-24(33)20-8-11-25(28)29-16-20/h5-12,14,16,24,30,32-33H,4,13,15,17H2,1-3H3,(H2,28,29)(H,31,34)/t24-/m0/s1. The zero-order valence-corrected chi connectivity index (χ0v) is 22.0. The number of hydrogen-bond donors (Lipinski definition) is 5. The molecule has 1 atom stereocenters. The highest BCUT2D eigenvalue weighted by atomic mass is 32.2. The maximum Gasteiger partial charge on any atom is 0.228 e. The van der Waals surface area contributed by atoms with Crippen LogP contribution in [-0.2, 0) is 27.5 Å². The van der Waals surface area contributed by atoms with Crippen LogP contribution in [0.4, 0.5) is 11.5 Å². The number of carbonyl (C=O) groups is 1. The Hall–Kier alpha value is -3.47. The highest BCUT2D eigenvalue weighted by Crippen LogP contribution is 2.27. The zero-order chi connectivity index (χ0) is 27.2. The van der Waals surface area contributed by atoms with E-state index in [1.807, 2.05) is 38.1 Å². The molecule has 9 nitrogen and oxygen atoms in total. The van der Waals surface area contributed by atoms with Gasteiger partial charge in [0.25, 0.3) is 0 Å². The maximum absolute atomic E-state index is 12.7. The summed E-state index contributed by atoms with van der Waals surface area (Å²) in [5, 5.41) is 26.5. The molecule has 37 heavy (non-hydrogen) atoms. The van der Waals surface area contributed by atoms with E-state index in [4.69, 9.17) is 5.73 Å². The largest absolute Gasteiger partial charge is 0.506 e. The summed E-state index contributed by atoms with van der Waals surface area (Å²) in [6, 6.07) is 14.8. The third kappa shape index (κ3) is 8.01. The van der Waals surface area contributed by atoms with Gasteiger partial charge in [-0.1, -0.05) is 37.3 Å². The number of aliphatic hydroxyl groups is 1. The van der Waals surface area contributed by atoms with Crippen molar-refractivity contribution in [2.45, 2.75) is 50.2 Å². The zero-order valence-electron chi connectivity index (χ0n) is 21.2. The minimum atomic E-state index is -3.48. The second kappa shape index (κ2) is 11.7. The highest BCUT2D eigenvalue weighted by Gasteiger charge is 2.21. The van der Waals surface area contributed by atoms with Crippen LogP contribution in [0.1, 0.15) is 43.6 Å². The summed E-state index contributed by atoms with van der Waals surface area (Å²) in [5.74, 6) is -0.272. The van der Waals surface area contributed by atoms with Crippen molar-refractivity contribution in [3.05, 3.63) is 77.5 Å². The van der Waals surface area contributed by atoms with E-state index in [1.54, 1.807) is 18.3 Å². The van der Waals surface area contributed by atoms with Gasteiger partial charge in [0.15, 0.2) is 9.84 Å². The molecule has 2 aromatic carbocycles. The molecule has 3 rings (SSSR count). The fraction of sp³-hybridized carbons (Fsp3) is 0.333. The van der Waals surface area contributed by atoms with Crippen LogP contribution >= 0.6 is 0 Å². The van der Waals surface area contributed by atoms with Gasteiger partial charge in [0.1, 0.15) is 11.6 Å². The predicted molar refractivity (Wildman–Crippen MR) is 144 cm³/mol. The van der Waals surface area contributed by atoms with Crippen molar-refractivity contribution in [3.8, 4) is 5.75 Å². The molecular formula is C27H34N4O5S. The first-order valence-electron chi connectivity index (χ1n) is 12.0. The summed E-state index contributed by atoms with van der Waals surface area (Å²) in [4.78, 5) is 16.7. The van der Waals surface area contributed by atoms with Crippen LogP contribution in [0.2, 0.25) is 0 Å². The summed E-state index contributed by atoms with van der Waals surface area (Å²) in [6.07, 6.45) is 1.52. The molecule has 3 aromatic rings. The minimum Gasteiger partial charge on any atom is -0.506 e. The second-order valence-corrected chi connectivity index (χ2v) is 11.9. The predicted octanol–water partition coefficient (Wildman–Crippen LogP) is 2.99. The summed E-state index contributed by atoms with van der Waals surface area (Å²) < 4.78 is 24.3. The lowest BCUT2D eigenvalue weighted by atomic mass is 9.93. The van der Waals surface area contributed by atoms with Crippen molar-refractivity contribution in [1.82, 2.24) is 10.3 Å². The first-order chi connectivity index (χ1) is 17.4. The molecule has 0 fully saturated rings. The molecule has 6 N–H and O–H groups in total. The number of rotatable bonds is 11. The highest BCUT2D eigenvalue weighted by molar-refractivity contribution is 7.91. The first-order valence-corrected chi connectivity index (χ1v) is 13.6. The maximum atomic E-state index is 12.7. The van der Waals surface area contributed by atoms with E-state index in [2.05, 4.69) is 15.6 Å². The average Bonchev–Trinajstić information content (AvgIpc) is 2.84. The van der Waals surface area contributed by atoms with Gasteiger partial charge in [-0.05, 0) is 55.7 Å². The van der Waals surface area contributed by atoms with Gasteiger partial charge in [-0.25, -0.2) is 13.4 Å². The number of nitrogens with two attached hydrogens (primary N) is 1. The molecule has 1 amide bonds. The summed E-state index contributed by atoms with van der Waals surface area (Å²) >= 11 is 0. The number of pyridine rings is 1. The van der Waals surface area contributed by atoms with E-state index in [-0.39, 0.29) is 40.0 Å². The number of phenolic OH excluding ortho intramolecular Hbond substituents is 1. The quantitative estimate of drug-likeness (QED) is 0.239. The molecule has 0 saturated heterocycles. The van der Waals surface area contributed by atoms with Crippen molar-refractivity contribution in [1.29, 1.82) is 0 Å². The second-order valence-electron chi connectivity index (χ2n) is 9.60. The number of anilines is 2. The number of carbonyl (C=O) groups excluding carboxylic acids is 1. The number of β-amino-alcohol motifs (C(OH)–C–C–N with tert-alkyl or cyclic N) is 1. The third-order valence-electron chi connectivity index (χ3n) is 5.95. The topological polar surface area (TPSA) is 155 Å². The van der Waals surface area contributed by atoms with E-state index in [1.165, 1.54) is 25.1 Å². The molecule has 0 unspecified atom stereocenters. The number of aromatic hydroxyl groups is 1. The lowest BCUT2D eigenvalue weighted by Gasteiger charge is -2.28. The Labute approximate surface area is 217 Å². The number of amides is 1. The van der Waals surface area contributed by atoms with Gasteiger partial charge in [-0.2, -0.15) is 0 Å². The number of aliphatic hydroxyl groups excluding tert-OH is 1. The van der Waals surface area contributed by atoms with E-state index < -0.39 is 15.9 Å². The summed E-state index contributed by atoms with van der Waals surface area (Å²) in [5.41, 5.74) is 7.76. The fourth-order valence-electron chi connectivity index (χ4n) is 3.88. The van der Waals surface area contributed by atoms with Crippen LogP contribution in [0.15, 0.2) is 65.7 Å². The molecule has 0 saturated carbocycles. The number of nitrogens with one attached hydrogen (secondary N) is 2. The molecule has 1 heterocycles. The molecule has 0 radical (unpaired) electrons. The van der Waals surface area contributed by atoms with Crippen molar-refractivity contribution >= 4 is 27.2 Å². The third-order valence-corrected chi connectivity index (χ3v) is 7.68. The molecule has 0 aliphatic rings. The Bertz CT molecular complexity index is 1340. The van der Waals surface area contributed by atoms with Crippen molar-refractivity contribution in [2.24, 2.45) is 0 Å². The monoisotopic (exact) mass is 526 g/mol. The summed E-state index contributed by atoms with van der Waals surface area (Å²) in [7, 11) is -3.48. The number of benzene rings is 2. The average molecular weight is 527 g/mol. The van der Waals surface area contributed by atoms with Gasteiger partial charge in [0.05, 0.1) is 28.9 Å². The van der Waals surface area contributed by atoms with Crippen LogP contribution in [0.25, 0.3) is 0 Å². The molecular weight excluding hydrogens is 492 g/mol. The van der Waals surface area contributed by atoms with Gasteiger partial charge >= 0.3 is 0 Å². The van der Waals surface area contributed by atoms with Gasteiger partial charge in [0.2, 0.25) is 5.91 Å². The number of aromatic nitrogens is 1. The Morgan fingerprint density at radius 3 is 2.51 bits per heavy atom. The Morgan fingerprint density at radius 2 is 1.84 bits per heavy atom. The molecule has 0 spiro atoms. The number of nitrogen functional groups attached to an aromatic ring is 1. The van der Waals surface area contributed by atoms with E-state index in [0.717, 1.165) is 11.1 Å². The molecule has 0 aliphatic carbocycles. The lowest BCUT2D eigenvalue weighted by molar-refractivity contribution is -0.115. The minimum absolute atomic E-state index is 0.0394. The number of phenols is 1. The number of sulfone groups is 1. The Kier molecular flexibility index (Phi) is 8.90. The Balaban J connectivity index is 1.61. The van der Waals surface area contributed by atoms with Crippen LogP contribution in [-0.4, -0.2) is 47.4 Å². The summed E-state index contributed by atoms with van der Waals surface area (Å²) in [6.45, 7) is 5.92. The van der Waals surface area contributed by atoms with Crippen LogP contribution in [0, 0.1) is 0 Å².